The van der Waals surface area contributed by atoms with Gasteiger partial charge in [0, 0.05) is 12.4 Å². The van der Waals surface area contributed by atoms with Gasteiger partial charge in [-0.05, 0) is 12.1 Å². The first-order chi connectivity index (χ1) is 8.70. The fraction of sp³-hybridized carbons (Fsp3) is 0.250. The number of para-hydroxylation sites is 1. The van der Waals surface area contributed by atoms with E-state index in [1.54, 1.807) is 6.07 Å². The van der Waals surface area contributed by atoms with Crippen LogP contribution >= 0.6 is 0 Å². The molecule has 1 aromatic carbocycles. The van der Waals surface area contributed by atoms with Gasteiger partial charge in [-0.15, -0.1) is 0 Å². The van der Waals surface area contributed by atoms with Crippen molar-refractivity contribution in [1.29, 1.82) is 0 Å². The van der Waals surface area contributed by atoms with Crippen molar-refractivity contribution in [2.45, 2.75) is 6.42 Å². The van der Waals surface area contributed by atoms with Gasteiger partial charge in [-0.2, -0.15) is 0 Å². The summed E-state index contributed by atoms with van der Waals surface area (Å²) in [7, 11) is 1.47. The van der Waals surface area contributed by atoms with Gasteiger partial charge < -0.3 is 14.6 Å². The number of hydrogen-bond acceptors (Lipinski definition) is 5. The van der Waals surface area contributed by atoms with Gasteiger partial charge in [0.25, 0.3) is 5.91 Å². The van der Waals surface area contributed by atoms with E-state index in [-0.39, 0.29) is 18.9 Å². The second kappa shape index (κ2) is 5.31. The third-order valence-corrected chi connectivity index (χ3v) is 2.41. The van der Waals surface area contributed by atoms with Gasteiger partial charge in [-0.1, -0.05) is 17.3 Å². The van der Waals surface area contributed by atoms with Crippen molar-refractivity contribution in [3.8, 4) is 0 Å². The van der Waals surface area contributed by atoms with Crippen molar-refractivity contribution < 1.29 is 18.8 Å². The van der Waals surface area contributed by atoms with E-state index in [4.69, 9.17) is 9.26 Å². The lowest BCUT2D eigenvalue weighted by atomic mass is 10.2. The van der Waals surface area contributed by atoms with Crippen LogP contribution in [0.25, 0.3) is 11.0 Å². The fourth-order valence-corrected chi connectivity index (χ4v) is 1.47. The zero-order valence-corrected chi connectivity index (χ0v) is 9.80. The number of nitrogens with zero attached hydrogens (tertiary/aromatic N) is 1. The maximum Gasteiger partial charge on any atom is 0.312 e. The Bertz CT molecular complexity index is 576. The molecule has 0 aliphatic carbocycles. The molecule has 0 aliphatic rings. The van der Waals surface area contributed by atoms with Gasteiger partial charge in [0.1, 0.15) is 5.69 Å². The number of esters is 1. The molecule has 1 heterocycles. The molecule has 6 heteroatoms. The zero-order valence-electron chi connectivity index (χ0n) is 9.80. The number of fused-ring (bicyclic) bond motifs is 1. The topological polar surface area (TPSA) is 81.4 Å². The van der Waals surface area contributed by atoms with E-state index in [9.17, 15) is 9.59 Å². The van der Waals surface area contributed by atoms with Crippen LogP contribution in [0.5, 0.6) is 0 Å². The van der Waals surface area contributed by atoms with Gasteiger partial charge in [0.15, 0.2) is 12.2 Å². The molecule has 0 unspecified atom stereocenters. The molecular formula is C12H12N2O4. The molecule has 1 N–H and O–H groups in total. The molecular weight excluding hydrogens is 236 g/mol. The third-order valence-electron chi connectivity index (χ3n) is 2.41. The van der Waals surface area contributed by atoms with Crippen molar-refractivity contribution in [2.24, 2.45) is 0 Å². The number of rotatable bonds is 4. The smallest absolute Gasteiger partial charge is 0.312 e. The first-order valence-electron chi connectivity index (χ1n) is 5.40. The molecule has 1 amide bonds. The van der Waals surface area contributed by atoms with Crippen molar-refractivity contribution in [2.75, 3.05) is 13.7 Å². The van der Waals surface area contributed by atoms with E-state index in [1.165, 1.54) is 7.05 Å². The number of hydrogen-bond donors (Lipinski definition) is 1. The Morgan fingerprint density at radius 1 is 1.39 bits per heavy atom. The molecule has 0 fully saturated rings. The van der Waals surface area contributed by atoms with Gasteiger partial charge >= 0.3 is 5.97 Å². The molecule has 0 aliphatic heterocycles. The Kier molecular flexibility index (Phi) is 3.57. The van der Waals surface area contributed by atoms with E-state index < -0.39 is 5.97 Å². The van der Waals surface area contributed by atoms with E-state index in [0.29, 0.717) is 11.3 Å². The minimum absolute atomic E-state index is 0.0198. The van der Waals surface area contributed by atoms with E-state index in [1.807, 2.05) is 18.2 Å². The number of amides is 1. The molecule has 6 nitrogen and oxygen atoms in total. The summed E-state index contributed by atoms with van der Waals surface area (Å²) in [6.45, 7) is -0.287. The van der Waals surface area contributed by atoms with Crippen LogP contribution in [0.2, 0.25) is 0 Å². The Labute approximate surface area is 103 Å². The standard InChI is InChI=1S/C12H12N2O4/c1-13-11(15)7-17-12(16)6-9-8-4-2-3-5-10(8)18-14-9/h2-5H,6-7H2,1H3,(H,13,15). The first-order valence-corrected chi connectivity index (χ1v) is 5.40. The van der Waals surface area contributed by atoms with Gasteiger partial charge in [-0.25, -0.2) is 0 Å². The van der Waals surface area contributed by atoms with Crippen LogP contribution in [-0.4, -0.2) is 30.7 Å². The highest BCUT2D eigenvalue weighted by atomic mass is 16.5. The van der Waals surface area contributed by atoms with Crippen molar-refractivity contribution in [1.82, 2.24) is 10.5 Å². The number of ether oxygens (including phenoxy) is 1. The highest BCUT2D eigenvalue weighted by Gasteiger charge is 2.13. The molecule has 0 saturated carbocycles. The van der Waals surface area contributed by atoms with Crippen molar-refractivity contribution in [3.63, 3.8) is 0 Å². The third kappa shape index (κ3) is 2.65. The summed E-state index contributed by atoms with van der Waals surface area (Å²) in [5, 5.41) is 6.94. The van der Waals surface area contributed by atoms with Crippen LogP contribution in [0.1, 0.15) is 5.69 Å². The molecule has 0 radical (unpaired) electrons. The molecule has 0 bridgehead atoms. The minimum Gasteiger partial charge on any atom is -0.455 e. The molecule has 0 atom stereocenters. The van der Waals surface area contributed by atoms with Crippen LogP contribution < -0.4 is 5.32 Å². The maximum atomic E-state index is 11.5. The fourth-order valence-electron chi connectivity index (χ4n) is 1.47. The maximum absolute atomic E-state index is 11.5. The summed E-state index contributed by atoms with van der Waals surface area (Å²) in [5.74, 6) is -0.869. The molecule has 2 rings (SSSR count). The molecule has 1 aromatic heterocycles. The lowest BCUT2D eigenvalue weighted by Crippen LogP contribution is -2.25. The number of likely N-dealkylation sites (N-methyl/N-ethyl adjacent to an activating group) is 1. The quantitative estimate of drug-likeness (QED) is 0.804. The van der Waals surface area contributed by atoms with Crippen LogP contribution in [0.15, 0.2) is 28.8 Å². The van der Waals surface area contributed by atoms with Gasteiger partial charge in [-0.3, -0.25) is 9.59 Å². The van der Waals surface area contributed by atoms with E-state index >= 15 is 0 Å². The van der Waals surface area contributed by atoms with Crippen molar-refractivity contribution >= 4 is 22.8 Å². The minimum atomic E-state index is -0.516. The highest BCUT2D eigenvalue weighted by molar-refractivity contribution is 5.85. The average molecular weight is 248 g/mol. The molecule has 0 spiro atoms. The lowest BCUT2D eigenvalue weighted by molar-refractivity contribution is -0.147. The largest absolute Gasteiger partial charge is 0.455 e. The molecule has 0 saturated heterocycles. The summed E-state index contributed by atoms with van der Waals surface area (Å²) in [6, 6.07) is 7.23. The molecule has 2 aromatic rings. The number of benzene rings is 1. The second-order valence-corrected chi connectivity index (χ2v) is 3.64. The summed E-state index contributed by atoms with van der Waals surface area (Å²) in [4.78, 5) is 22.4. The van der Waals surface area contributed by atoms with Crippen LogP contribution in [0.3, 0.4) is 0 Å². The average Bonchev–Trinajstić information content (AvgIpc) is 2.79. The van der Waals surface area contributed by atoms with Crippen LogP contribution in [-0.2, 0) is 20.7 Å². The van der Waals surface area contributed by atoms with E-state index in [2.05, 4.69) is 10.5 Å². The SMILES string of the molecule is CNC(=O)COC(=O)Cc1noc2ccccc12. The zero-order chi connectivity index (χ0) is 13.0. The number of carbonyl (C=O) groups excluding carboxylic acids is 2. The van der Waals surface area contributed by atoms with Crippen LogP contribution in [0.4, 0.5) is 0 Å². The second-order valence-electron chi connectivity index (χ2n) is 3.64. The summed E-state index contributed by atoms with van der Waals surface area (Å²) in [5.41, 5.74) is 1.12. The first kappa shape index (κ1) is 12.1. The molecule has 18 heavy (non-hydrogen) atoms. The van der Waals surface area contributed by atoms with Crippen molar-refractivity contribution in [3.05, 3.63) is 30.0 Å². The van der Waals surface area contributed by atoms with Crippen LogP contribution in [0, 0.1) is 0 Å². The predicted molar refractivity (Wildman–Crippen MR) is 62.7 cm³/mol. The normalized spacial score (nSPS) is 10.3. The number of carbonyl (C=O) groups is 2. The number of nitrogens with one attached hydrogen (secondary N) is 1. The summed E-state index contributed by atoms with van der Waals surface area (Å²) in [6.07, 6.45) is -0.0198. The monoisotopic (exact) mass is 248 g/mol. The van der Waals surface area contributed by atoms with E-state index in [0.717, 1.165) is 5.39 Å². The Morgan fingerprint density at radius 2 is 2.17 bits per heavy atom. The molecule has 94 valence electrons. The summed E-state index contributed by atoms with van der Waals surface area (Å²) < 4.78 is 9.84. The highest BCUT2D eigenvalue weighted by Crippen LogP contribution is 2.18. The van der Waals surface area contributed by atoms with Gasteiger partial charge in [0.2, 0.25) is 0 Å². The summed E-state index contributed by atoms with van der Waals surface area (Å²) >= 11 is 0. The van der Waals surface area contributed by atoms with Gasteiger partial charge in [0.05, 0.1) is 6.42 Å². The predicted octanol–water partition coefficient (Wildman–Crippen LogP) is 0.659. The lowest BCUT2D eigenvalue weighted by Gasteiger charge is -2.01. The number of aromatic nitrogens is 1. The Hall–Kier alpha value is -2.37. The Balaban J connectivity index is 2.01. The Morgan fingerprint density at radius 3 is 2.94 bits per heavy atom.